The maximum absolute atomic E-state index is 12.9. The summed E-state index contributed by atoms with van der Waals surface area (Å²) in [5.41, 5.74) is 2.87. The van der Waals surface area contributed by atoms with Gasteiger partial charge >= 0.3 is 6.09 Å². The van der Waals surface area contributed by atoms with Gasteiger partial charge < -0.3 is 10.1 Å². The summed E-state index contributed by atoms with van der Waals surface area (Å²) < 4.78 is 6.05. The molecule has 0 aliphatic carbocycles. The van der Waals surface area contributed by atoms with Crippen molar-refractivity contribution in [2.24, 2.45) is 0 Å². The number of nitrogens with zero attached hydrogens (tertiary/aromatic N) is 5. The molecule has 0 saturated carbocycles. The number of halogens is 1. The molecule has 4 aromatic rings. The van der Waals surface area contributed by atoms with E-state index in [0.29, 0.717) is 44.5 Å². The molecule has 4 rings (SSSR count). The Bertz CT molecular complexity index is 1540. The first kappa shape index (κ1) is 27.5. The predicted molar refractivity (Wildman–Crippen MR) is 149 cm³/mol. The van der Waals surface area contributed by atoms with E-state index in [2.05, 4.69) is 41.1 Å². The van der Waals surface area contributed by atoms with Crippen LogP contribution in [0, 0.1) is 0 Å². The second-order valence-electron chi connectivity index (χ2n) is 8.04. The minimum Gasteiger partial charge on any atom is -0.453 e. The molecule has 0 saturated heterocycles. The largest absolute Gasteiger partial charge is 0.453 e. The number of aromatic nitrogens is 6. The van der Waals surface area contributed by atoms with Crippen LogP contribution >= 0.6 is 23.4 Å². The van der Waals surface area contributed by atoms with Crippen LogP contribution in [0.25, 0.3) is 22.9 Å². The summed E-state index contributed by atoms with van der Waals surface area (Å²) in [4.78, 5) is 36.9. The fraction of sp³-hybridized carbons (Fsp3) is 0.160. The van der Waals surface area contributed by atoms with E-state index in [-0.39, 0.29) is 5.91 Å². The van der Waals surface area contributed by atoms with E-state index in [1.54, 1.807) is 54.6 Å². The van der Waals surface area contributed by atoms with Crippen molar-refractivity contribution in [3.63, 3.8) is 0 Å². The van der Waals surface area contributed by atoms with Gasteiger partial charge in [-0.2, -0.15) is 21.5 Å². The van der Waals surface area contributed by atoms with Gasteiger partial charge in [-0.25, -0.2) is 9.89 Å². The van der Waals surface area contributed by atoms with Gasteiger partial charge in [0.25, 0.3) is 5.56 Å². The Hall–Kier alpha value is -4.49. The van der Waals surface area contributed by atoms with E-state index in [1.165, 1.54) is 36.0 Å². The highest BCUT2D eigenvalue weighted by atomic mass is 35.5. The minimum atomic E-state index is -0.599. The normalized spacial score (nSPS) is 11.8. The van der Waals surface area contributed by atoms with Gasteiger partial charge in [0.1, 0.15) is 6.33 Å². The fourth-order valence-electron chi connectivity index (χ4n) is 3.61. The molecule has 39 heavy (non-hydrogen) atoms. The molecule has 0 radical (unpaired) electrons. The van der Waals surface area contributed by atoms with E-state index in [4.69, 9.17) is 11.6 Å². The zero-order valence-electron chi connectivity index (χ0n) is 20.8. The molecular formula is C25H23ClN8O4S. The van der Waals surface area contributed by atoms with Crippen molar-refractivity contribution in [2.45, 2.75) is 6.04 Å². The number of carbonyl (C=O) groups excluding carboxylic acids is 2. The molecule has 0 unspecified atom stereocenters. The van der Waals surface area contributed by atoms with E-state index < -0.39 is 17.7 Å². The van der Waals surface area contributed by atoms with Crippen molar-refractivity contribution in [3.05, 3.63) is 87.6 Å². The molecule has 2 aromatic carbocycles. The average molecular weight is 567 g/mol. The first-order valence-corrected chi connectivity index (χ1v) is 13.2. The van der Waals surface area contributed by atoms with Gasteiger partial charge in [0, 0.05) is 28.1 Å². The SMILES string of the molecule is COC(=O)Nc1ccc(-c2cc([C@H](CSC)NC(=O)/C=C/c3cc(Cl)ccc3-n3cnnn3)n[nH]c2=O)cc1. The van der Waals surface area contributed by atoms with Crippen molar-refractivity contribution in [2.75, 3.05) is 24.4 Å². The third-order valence-corrected chi connectivity index (χ3v) is 6.36. The summed E-state index contributed by atoms with van der Waals surface area (Å²) in [6.45, 7) is 0. The molecule has 2 heterocycles. The molecule has 200 valence electrons. The molecule has 2 amide bonds. The Morgan fingerprint density at radius 1 is 1.21 bits per heavy atom. The molecule has 0 spiro atoms. The van der Waals surface area contributed by atoms with Crippen molar-refractivity contribution >= 4 is 47.1 Å². The second kappa shape index (κ2) is 12.8. The van der Waals surface area contributed by atoms with Gasteiger partial charge in [-0.3, -0.25) is 14.9 Å². The van der Waals surface area contributed by atoms with Crippen LogP contribution in [-0.2, 0) is 9.53 Å². The van der Waals surface area contributed by atoms with Gasteiger partial charge in [-0.15, -0.1) is 5.10 Å². The third-order valence-electron chi connectivity index (χ3n) is 5.46. The summed E-state index contributed by atoms with van der Waals surface area (Å²) in [6.07, 6.45) is 5.74. The van der Waals surface area contributed by atoms with Crippen molar-refractivity contribution in [1.82, 2.24) is 35.7 Å². The Morgan fingerprint density at radius 3 is 2.69 bits per heavy atom. The summed E-state index contributed by atoms with van der Waals surface area (Å²) in [6, 6.07) is 13.0. The molecule has 1 atom stereocenters. The molecule has 0 fully saturated rings. The standard InChI is InChI=1S/C25H23ClN8O4S/c1-38-25(37)28-18-7-3-15(4-8-18)19-12-20(30-31-24(19)36)21(13-39-2)29-23(35)10-5-16-11-17(26)6-9-22(16)34-14-27-32-33-34/h3-12,14,21H,13H2,1-2H3,(H,28,37)(H,29,35)(H,31,36)/b10-5+/t21-/m0/s1. The summed E-state index contributed by atoms with van der Waals surface area (Å²) in [5.74, 6) is 0.136. The number of carbonyl (C=O) groups is 2. The van der Waals surface area contributed by atoms with Crippen molar-refractivity contribution in [1.29, 1.82) is 0 Å². The number of benzene rings is 2. The van der Waals surface area contributed by atoms with Gasteiger partial charge in [0.05, 0.1) is 30.1 Å². The molecule has 12 nitrogen and oxygen atoms in total. The average Bonchev–Trinajstić information content (AvgIpc) is 3.47. The lowest BCUT2D eigenvalue weighted by molar-refractivity contribution is -0.117. The number of ether oxygens (including phenoxy) is 1. The smallest absolute Gasteiger partial charge is 0.411 e. The molecule has 0 bridgehead atoms. The monoisotopic (exact) mass is 566 g/mol. The number of thioether (sulfide) groups is 1. The van der Waals surface area contributed by atoms with E-state index in [0.717, 1.165) is 0 Å². The third kappa shape index (κ3) is 7.09. The number of H-pyrrole nitrogens is 1. The maximum atomic E-state index is 12.9. The van der Waals surface area contributed by atoms with E-state index in [1.807, 2.05) is 6.26 Å². The van der Waals surface area contributed by atoms with Crippen molar-refractivity contribution in [3.8, 4) is 16.8 Å². The molecule has 3 N–H and O–H groups in total. The zero-order chi connectivity index (χ0) is 27.8. The van der Waals surface area contributed by atoms with Gasteiger partial charge in [0.2, 0.25) is 5.91 Å². The van der Waals surface area contributed by atoms with Crippen LogP contribution in [0.15, 0.2) is 65.7 Å². The highest BCUT2D eigenvalue weighted by Gasteiger charge is 2.18. The Labute approximate surface area is 231 Å². The number of amides is 2. The van der Waals surface area contributed by atoms with E-state index >= 15 is 0 Å². The Morgan fingerprint density at radius 2 is 2.00 bits per heavy atom. The second-order valence-corrected chi connectivity index (χ2v) is 9.38. The quantitative estimate of drug-likeness (QED) is 0.258. The fourth-order valence-corrected chi connectivity index (χ4v) is 4.38. The van der Waals surface area contributed by atoms with Crippen LogP contribution in [-0.4, -0.2) is 61.5 Å². The number of hydrogen-bond acceptors (Lipinski definition) is 9. The highest BCUT2D eigenvalue weighted by molar-refractivity contribution is 7.98. The highest BCUT2D eigenvalue weighted by Crippen LogP contribution is 2.23. The summed E-state index contributed by atoms with van der Waals surface area (Å²) >= 11 is 7.67. The summed E-state index contributed by atoms with van der Waals surface area (Å²) in [7, 11) is 1.27. The lowest BCUT2D eigenvalue weighted by Gasteiger charge is -2.17. The van der Waals surface area contributed by atoms with Crippen LogP contribution in [0.2, 0.25) is 5.02 Å². The van der Waals surface area contributed by atoms with Gasteiger partial charge in [0.15, 0.2) is 0 Å². The lowest BCUT2D eigenvalue weighted by Crippen LogP contribution is -2.30. The van der Waals surface area contributed by atoms with Crippen LogP contribution in [0.1, 0.15) is 17.3 Å². The van der Waals surface area contributed by atoms with Gasteiger partial charge in [-0.1, -0.05) is 23.7 Å². The zero-order valence-corrected chi connectivity index (χ0v) is 22.4. The number of methoxy groups -OCH3 is 1. The molecular weight excluding hydrogens is 544 g/mol. The first-order chi connectivity index (χ1) is 18.9. The predicted octanol–water partition coefficient (Wildman–Crippen LogP) is 3.48. The molecule has 14 heteroatoms. The lowest BCUT2D eigenvalue weighted by atomic mass is 10.1. The molecule has 0 aliphatic heterocycles. The number of tetrazole rings is 1. The number of aromatic amines is 1. The molecule has 0 aliphatic rings. The Balaban J connectivity index is 1.54. The van der Waals surface area contributed by atoms with E-state index in [9.17, 15) is 14.4 Å². The van der Waals surface area contributed by atoms with Crippen LogP contribution < -0.4 is 16.2 Å². The maximum Gasteiger partial charge on any atom is 0.411 e. The first-order valence-electron chi connectivity index (χ1n) is 11.4. The van der Waals surface area contributed by atoms with Crippen LogP contribution in [0.3, 0.4) is 0 Å². The molecule has 2 aromatic heterocycles. The number of rotatable bonds is 9. The number of anilines is 1. The van der Waals surface area contributed by atoms with Crippen LogP contribution in [0.4, 0.5) is 10.5 Å². The minimum absolute atomic E-state index is 0.366. The Kier molecular flexibility index (Phi) is 9.07. The van der Waals surface area contributed by atoms with Gasteiger partial charge in [-0.05, 0) is 64.7 Å². The van der Waals surface area contributed by atoms with Crippen molar-refractivity contribution < 1.29 is 14.3 Å². The number of hydrogen-bond donors (Lipinski definition) is 3. The van der Waals surface area contributed by atoms with Crippen LogP contribution in [0.5, 0.6) is 0 Å². The summed E-state index contributed by atoms with van der Waals surface area (Å²) in [5, 5.41) is 23.9. The topological polar surface area (TPSA) is 157 Å². The number of nitrogens with one attached hydrogen (secondary N) is 3.